The summed E-state index contributed by atoms with van der Waals surface area (Å²) < 4.78 is 0. The molecule has 0 fully saturated rings. The lowest BCUT2D eigenvalue weighted by molar-refractivity contribution is 0.0936. The van der Waals surface area contributed by atoms with Crippen LogP contribution >= 0.6 is 23.2 Å². The highest BCUT2D eigenvalue weighted by molar-refractivity contribution is 6.30. The van der Waals surface area contributed by atoms with E-state index in [4.69, 9.17) is 23.2 Å². The van der Waals surface area contributed by atoms with Gasteiger partial charge in [-0.15, -0.1) is 11.6 Å². The minimum atomic E-state index is -0.330. The van der Waals surface area contributed by atoms with Crippen molar-refractivity contribution in [1.82, 2.24) is 5.32 Å². The van der Waals surface area contributed by atoms with Crippen LogP contribution in [0.2, 0.25) is 5.02 Å². The van der Waals surface area contributed by atoms with Crippen molar-refractivity contribution in [3.05, 3.63) is 28.8 Å². The second-order valence-electron chi connectivity index (χ2n) is 4.05. The molecule has 0 spiro atoms. The lowest BCUT2D eigenvalue weighted by atomic mass is 10.1. The minimum Gasteiger partial charge on any atom is -0.507 e. The molecule has 0 saturated heterocycles. The van der Waals surface area contributed by atoms with Crippen LogP contribution in [0.3, 0.4) is 0 Å². The van der Waals surface area contributed by atoms with E-state index in [1.165, 1.54) is 12.1 Å². The van der Waals surface area contributed by atoms with Crippen LogP contribution in [-0.4, -0.2) is 22.4 Å². The fourth-order valence-corrected chi connectivity index (χ4v) is 1.98. The van der Waals surface area contributed by atoms with Crippen molar-refractivity contribution in [2.45, 2.75) is 31.7 Å². The van der Waals surface area contributed by atoms with Crippen LogP contribution < -0.4 is 5.32 Å². The molecular weight excluding hydrogens is 261 g/mol. The number of alkyl halides is 1. The van der Waals surface area contributed by atoms with Gasteiger partial charge in [-0.1, -0.05) is 11.6 Å². The lowest BCUT2D eigenvalue weighted by Gasteiger charge is -2.15. The molecule has 0 radical (unpaired) electrons. The summed E-state index contributed by atoms with van der Waals surface area (Å²) in [5.41, 5.74) is 0.212. The largest absolute Gasteiger partial charge is 0.507 e. The first kappa shape index (κ1) is 14.1. The third-order valence-corrected chi connectivity index (χ3v) is 2.67. The van der Waals surface area contributed by atoms with Crippen LogP contribution in [0.1, 0.15) is 30.6 Å². The summed E-state index contributed by atoms with van der Waals surface area (Å²) in [6.07, 6.45) is 0.668. The van der Waals surface area contributed by atoms with E-state index < -0.39 is 0 Å². The molecular formula is C12H15Cl2NO2. The van der Waals surface area contributed by atoms with Gasteiger partial charge in [-0.3, -0.25) is 4.79 Å². The van der Waals surface area contributed by atoms with Crippen molar-refractivity contribution in [3.63, 3.8) is 0 Å². The van der Waals surface area contributed by atoms with Gasteiger partial charge in [0.05, 0.1) is 5.56 Å². The fraction of sp³-hybridized carbons (Fsp3) is 0.417. The number of amides is 1. The maximum Gasteiger partial charge on any atom is 0.255 e. The van der Waals surface area contributed by atoms with E-state index in [2.05, 4.69) is 5.32 Å². The van der Waals surface area contributed by atoms with Gasteiger partial charge in [-0.2, -0.15) is 0 Å². The van der Waals surface area contributed by atoms with Crippen molar-refractivity contribution in [3.8, 4) is 5.75 Å². The van der Waals surface area contributed by atoms with Gasteiger partial charge in [0.15, 0.2) is 0 Å². The van der Waals surface area contributed by atoms with Gasteiger partial charge in [0, 0.05) is 16.4 Å². The third-order valence-electron chi connectivity index (χ3n) is 2.26. The molecule has 17 heavy (non-hydrogen) atoms. The number of halogens is 2. The highest BCUT2D eigenvalue weighted by atomic mass is 35.5. The number of rotatable bonds is 4. The number of phenolic OH excluding ortho intramolecular Hbond substituents is 1. The molecule has 0 bridgehead atoms. The quantitative estimate of drug-likeness (QED) is 0.830. The van der Waals surface area contributed by atoms with E-state index in [0.29, 0.717) is 11.4 Å². The molecule has 94 valence electrons. The highest BCUT2D eigenvalue weighted by Gasteiger charge is 2.14. The van der Waals surface area contributed by atoms with Crippen LogP contribution in [-0.2, 0) is 0 Å². The molecule has 1 rings (SSSR count). The van der Waals surface area contributed by atoms with Crippen molar-refractivity contribution in [2.24, 2.45) is 0 Å². The Kier molecular flexibility index (Phi) is 5.09. The molecule has 0 aromatic heterocycles. The van der Waals surface area contributed by atoms with E-state index in [1.54, 1.807) is 6.07 Å². The van der Waals surface area contributed by atoms with Gasteiger partial charge < -0.3 is 10.4 Å². The first-order chi connectivity index (χ1) is 7.90. The number of nitrogens with one attached hydrogen (secondary N) is 1. The molecule has 1 aromatic rings. The average molecular weight is 276 g/mol. The zero-order valence-electron chi connectivity index (χ0n) is 9.71. The molecule has 5 heteroatoms. The standard InChI is InChI=1S/C12H15Cl2NO2/c1-7(13)5-8(2)15-12(17)10-4-3-9(14)6-11(10)16/h3-4,6-8,16H,5H2,1-2H3,(H,15,17). The maximum atomic E-state index is 11.8. The lowest BCUT2D eigenvalue weighted by Crippen LogP contribution is -2.33. The number of hydrogen-bond acceptors (Lipinski definition) is 2. The van der Waals surface area contributed by atoms with Gasteiger partial charge >= 0.3 is 0 Å². The Morgan fingerprint density at radius 2 is 2.12 bits per heavy atom. The first-order valence-electron chi connectivity index (χ1n) is 5.33. The molecule has 0 saturated carbocycles. The van der Waals surface area contributed by atoms with Crippen molar-refractivity contribution < 1.29 is 9.90 Å². The normalized spacial score (nSPS) is 14.1. The summed E-state index contributed by atoms with van der Waals surface area (Å²) in [4.78, 5) is 11.8. The predicted molar refractivity (Wildman–Crippen MR) is 70.0 cm³/mol. The summed E-state index contributed by atoms with van der Waals surface area (Å²) in [5.74, 6) is -0.454. The van der Waals surface area contributed by atoms with Crippen LogP contribution in [0.25, 0.3) is 0 Å². The highest BCUT2D eigenvalue weighted by Crippen LogP contribution is 2.21. The Hall–Kier alpha value is -0.930. The fourth-order valence-electron chi connectivity index (χ4n) is 1.54. The molecule has 0 aliphatic heterocycles. The van der Waals surface area contributed by atoms with Gasteiger partial charge in [0.1, 0.15) is 5.75 Å². The van der Waals surface area contributed by atoms with Gasteiger partial charge in [-0.25, -0.2) is 0 Å². The second-order valence-corrected chi connectivity index (χ2v) is 5.23. The Labute approximate surface area is 111 Å². The van der Waals surface area contributed by atoms with Crippen LogP contribution in [0, 0.1) is 0 Å². The molecule has 3 nitrogen and oxygen atoms in total. The average Bonchev–Trinajstić information content (AvgIpc) is 2.15. The smallest absolute Gasteiger partial charge is 0.255 e. The molecule has 0 heterocycles. The summed E-state index contributed by atoms with van der Waals surface area (Å²) in [7, 11) is 0. The number of benzene rings is 1. The van der Waals surface area contributed by atoms with Gasteiger partial charge in [0.25, 0.3) is 5.91 Å². The second kappa shape index (κ2) is 6.12. The number of aromatic hydroxyl groups is 1. The minimum absolute atomic E-state index is 0.0101. The molecule has 2 atom stereocenters. The molecule has 2 N–H and O–H groups in total. The van der Waals surface area contributed by atoms with E-state index in [0.717, 1.165) is 0 Å². The summed E-state index contributed by atoms with van der Waals surface area (Å²) in [5, 5.41) is 12.7. The maximum absolute atomic E-state index is 11.8. The Balaban J connectivity index is 2.70. The van der Waals surface area contributed by atoms with Crippen molar-refractivity contribution in [1.29, 1.82) is 0 Å². The van der Waals surface area contributed by atoms with E-state index in [9.17, 15) is 9.90 Å². The first-order valence-corrected chi connectivity index (χ1v) is 6.15. The Morgan fingerprint density at radius 1 is 1.47 bits per heavy atom. The van der Waals surface area contributed by atoms with E-state index in [1.807, 2.05) is 13.8 Å². The summed E-state index contributed by atoms with van der Waals surface area (Å²) >= 11 is 11.5. The number of carbonyl (C=O) groups is 1. The number of phenols is 1. The molecule has 0 aliphatic carbocycles. The molecule has 2 unspecified atom stereocenters. The van der Waals surface area contributed by atoms with Crippen LogP contribution in [0.5, 0.6) is 5.75 Å². The van der Waals surface area contributed by atoms with Crippen LogP contribution in [0.15, 0.2) is 18.2 Å². The number of carbonyl (C=O) groups excluding carboxylic acids is 1. The molecule has 1 aromatic carbocycles. The van der Waals surface area contributed by atoms with Crippen LogP contribution in [0.4, 0.5) is 0 Å². The van der Waals surface area contributed by atoms with Crippen molar-refractivity contribution in [2.75, 3.05) is 0 Å². The molecule has 1 amide bonds. The summed E-state index contributed by atoms with van der Waals surface area (Å²) in [6, 6.07) is 4.34. The van der Waals surface area contributed by atoms with Gasteiger partial charge in [0.2, 0.25) is 0 Å². The predicted octanol–water partition coefficient (Wildman–Crippen LogP) is 3.18. The van der Waals surface area contributed by atoms with E-state index >= 15 is 0 Å². The molecule has 0 aliphatic rings. The van der Waals surface area contributed by atoms with Crippen molar-refractivity contribution >= 4 is 29.1 Å². The zero-order valence-corrected chi connectivity index (χ0v) is 11.2. The van der Waals surface area contributed by atoms with E-state index in [-0.39, 0.29) is 28.6 Å². The topological polar surface area (TPSA) is 49.3 Å². The zero-order chi connectivity index (χ0) is 13.0. The summed E-state index contributed by atoms with van der Waals surface area (Å²) in [6.45, 7) is 3.73. The third kappa shape index (κ3) is 4.44. The number of hydrogen-bond donors (Lipinski definition) is 2. The SMILES string of the molecule is CC(Cl)CC(C)NC(=O)c1ccc(Cl)cc1O. The Bertz CT molecular complexity index is 407. The monoisotopic (exact) mass is 275 g/mol. The Morgan fingerprint density at radius 3 is 2.65 bits per heavy atom. The van der Waals surface area contributed by atoms with Gasteiger partial charge in [-0.05, 0) is 38.5 Å².